The number of carbonyl (C=O) groups is 2. The van der Waals surface area contributed by atoms with Crippen molar-refractivity contribution in [1.82, 2.24) is 15.2 Å². The lowest BCUT2D eigenvalue weighted by Gasteiger charge is -2.26. The van der Waals surface area contributed by atoms with Gasteiger partial charge in [-0.25, -0.2) is 14.2 Å². The molecule has 1 aliphatic rings. The minimum absolute atomic E-state index is 0.108. The first-order valence-electron chi connectivity index (χ1n) is 10.1. The Morgan fingerprint density at radius 1 is 1.38 bits per heavy atom. The molecule has 32 heavy (non-hydrogen) atoms. The molecule has 0 radical (unpaired) electrons. The summed E-state index contributed by atoms with van der Waals surface area (Å²) in [6.07, 6.45) is 1.42. The SMILES string of the molecule is COc1cc(F)c(C#N)cc1-c1cnc(C(=O)N[C@@H]2C[C@@H](C)N(C(=O)OC(C)(C)C)C2)o1. The molecule has 9 nitrogen and oxygen atoms in total. The highest BCUT2D eigenvalue weighted by Gasteiger charge is 2.36. The van der Waals surface area contributed by atoms with Crippen LogP contribution in [-0.4, -0.2) is 53.2 Å². The van der Waals surface area contributed by atoms with Crippen LogP contribution in [0.3, 0.4) is 0 Å². The first kappa shape index (κ1) is 23.1. The second kappa shape index (κ2) is 8.86. The van der Waals surface area contributed by atoms with Gasteiger partial charge in [0.1, 0.15) is 23.2 Å². The number of carbonyl (C=O) groups excluding carboxylic acids is 2. The Bertz CT molecular complexity index is 1070. The summed E-state index contributed by atoms with van der Waals surface area (Å²) in [5.74, 6) is -1.19. The predicted octanol–water partition coefficient (Wildman–Crippen LogP) is 3.49. The molecule has 2 heterocycles. The van der Waals surface area contributed by atoms with Gasteiger partial charge in [0.05, 0.1) is 24.4 Å². The molecule has 1 aromatic heterocycles. The molecule has 0 saturated carbocycles. The van der Waals surface area contributed by atoms with Crippen molar-refractivity contribution < 1.29 is 27.9 Å². The summed E-state index contributed by atoms with van der Waals surface area (Å²) >= 11 is 0. The van der Waals surface area contributed by atoms with Crippen LogP contribution >= 0.6 is 0 Å². The summed E-state index contributed by atoms with van der Waals surface area (Å²) in [7, 11) is 1.35. The van der Waals surface area contributed by atoms with E-state index in [9.17, 15) is 14.0 Å². The zero-order chi connectivity index (χ0) is 23.6. The summed E-state index contributed by atoms with van der Waals surface area (Å²) < 4.78 is 30.0. The fraction of sp³-hybridized carbons (Fsp3) is 0.455. The van der Waals surface area contributed by atoms with E-state index in [1.165, 1.54) is 19.4 Å². The molecule has 2 aromatic rings. The maximum absolute atomic E-state index is 13.9. The predicted molar refractivity (Wildman–Crippen MR) is 111 cm³/mol. The number of hydrogen-bond acceptors (Lipinski definition) is 7. The summed E-state index contributed by atoms with van der Waals surface area (Å²) in [5, 5.41) is 11.9. The Morgan fingerprint density at radius 2 is 2.09 bits per heavy atom. The monoisotopic (exact) mass is 444 g/mol. The van der Waals surface area contributed by atoms with Gasteiger partial charge in [-0.2, -0.15) is 5.26 Å². The van der Waals surface area contributed by atoms with Gasteiger partial charge in [0.2, 0.25) is 0 Å². The largest absolute Gasteiger partial charge is 0.496 e. The minimum Gasteiger partial charge on any atom is -0.496 e. The molecule has 3 rings (SSSR count). The molecule has 1 aromatic carbocycles. The number of hydrogen-bond donors (Lipinski definition) is 1. The van der Waals surface area contributed by atoms with Gasteiger partial charge in [-0.3, -0.25) is 4.79 Å². The summed E-state index contributed by atoms with van der Waals surface area (Å²) in [5.41, 5.74) is -0.507. The third-order valence-corrected chi connectivity index (χ3v) is 4.91. The number of likely N-dealkylation sites (tertiary alicyclic amines) is 1. The van der Waals surface area contributed by atoms with Gasteiger partial charge in [0.25, 0.3) is 5.89 Å². The summed E-state index contributed by atoms with van der Waals surface area (Å²) in [6, 6.07) is 3.69. The van der Waals surface area contributed by atoms with E-state index in [2.05, 4.69) is 10.3 Å². The number of ether oxygens (including phenoxy) is 2. The fourth-order valence-corrected chi connectivity index (χ4v) is 3.46. The van der Waals surface area contributed by atoms with Gasteiger partial charge in [-0.05, 0) is 40.2 Å². The Balaban J connectivity index is 1.71. The van der Waals surface area contributed by atoms with Crippen LogP contribution in [0.2, 0.25) is 0 Å². The molecule has 0 unspecified atom stereocenters. The number of benzene rings is 1. The second-order valence-corrected chi connectivity index (χ2v) is 8.56. The Kier molecular flexibility index (Phi) is 6.39. The van der Waals surface area contributed by atoms with E-state index in [0.29, 0.717) is 18.5 Å². The average molecular weight is 444 g/mol. The summed E-state index contributed by atoms with van der Waals surface area (Å²) in [6.45, 7) is 7.56. The van der Waals surface area contributed by atoms with Gasteiger partial charge in [-0.1, -0.05) is 0 Å². The second-order valence-electron chi connectivity index (χ2n) is 8.56. The Morgan fingerprint density at radius 3 is 2.72 bits per heavy atom. The van der Waals surface area contributed by atoms with Crippen molar-refractivity contribution in [2.45, 2.75) is 51.8 Å². The van der Waals surface area contributed by atoms with Gasteiger partial charge in [0.15, 0.2) is 5.76 Å². The van der Waals surface area contributed by atoms with Crippen LogP contribution < -0.4 is 10.1 Å². The van der Waals surface area contributed by atoms with Crippen LogP contribution in [0.4, 0.5) is 9.18 Å². The number of amides is 2. The molecule has 1 N–H and O–H groups in total. The molecule has 170 valence electrons. The first-order chi connectivity index (χ1) is 15.0. The molecule has 2 atom stereocenters. The normalized spacial score (nSPS) is 18.2. The number of nitriles is 1. The smallest absolute Gasteiger partial charge is 0.410 e. The number of halogens is 1. The Labute approximate surface area is 185 Å². The number of methoxy groups -OCH3 is 1. The van der Waals surface area contributed by atoms with Crippen LogP contribution in [-0.2, 0) is 4.74 Å². The van der Waals surface area contributed by atoms with Gasteiger partial charge in [0, 0.05) is 24.7 Å². The highest BCUT2D eigenvalue weighted by atomic mass is 19.1. The van der Waals surface area contributed by atoms with Gasteiger partial charge in [-0.15, -0.1) is 0 Å². The van der Waals surface area contributed by atoms with Gasteiger partial charge >= 0.3 is 12.0 Å². The molecule has 1 fully saturated rings. The van der Waals surface area contributed by atoms with E-state index < -0.39 is 23.4 Å². The molecule has 0 spiro atoms. The van der Waals surface area contributed by atoms with E-state index in [0.717, 1.165) is 6.07 Å². The molecule has 0 bridgehead atoms. The zero-order valence-electron chi connectivity index (χ0n) is 18.6. The van der Waals surface area contributed by atoms with Gasteiger partial charge < -0.3 is 24.1 Å². The van der Waals surface area contributed by atoms with E-state index in [1.807, 2.05) is 6.92 Å². The van der Waals surface area contributed by atoms with E-state index in [4.69, 9.17) is 19.2 Å². The Hall–Kier alpha value is -3.61. The van der Waals surface area contributed by atoms with Crippen LogP contribution in [0.15, 0.2) is 22.7 Å². The first-order valence-corrected chi connectivity index (χ1v) is 10.1. The van der Waals surface area contributed by atoms with Crippen molar-refractivity contribution in [3.8, 4) is 23.1 Å². The van der Waals surface area contributed by atoms with Crippen LogP contribution in [0.5, 0.6) is 5.75 Å². The molecule has 0 aliphatic carbocycles. The maximum Gasteiger partial charge on any atom is 0.410 e. The average Bonchev–Trinajstić information content (AvgIpc) is 3.33. The fourth-order valence-electron chi connectivity index (χ4n) is 3.46. The number of oxazole rings is 1. The van der Waals surface area contributed by atoms with Crippen LogP contribution in [0.1, 0.15) is 50.4 Å². The lowest BCUT2D eigenvalue weighted by atomic mass is 10.1. The van der Waals surface area contributed by atoms with Crippen LogP contribution in [0.25, 0.3) is 11.3 Å². The lowest BCUT2D eigenvalue weighted by molar-refractivity contribution is 0.0235. The topological polar surface area (TPSA) is 118 Å². The maximum atomic E-state index is 13.9. The standard InChI is InChI=1S/C22H25FN4O5/c1-12-6-14(11-27(12)21(29)32-22(2,3)4)26-19(28)20-25-10-18(31-20)15-7-13(9-24)16(23)8-17(15)30-5/h7-8,10,12,14H,6,11H2,1-5H3,(H,26,28)/t12-,14-/m1/s1. The van der Waals surface area contributed by atoms with Crippen molar-refractivity contribution in [3.63, 3.8) is 0 Å². The third-order valence-electron chi connectivity index (χ3n) is 4.91. The molecule has 1 saturated heterocycles. The van der Waals surface area contributed by atoms with Crippen LogP contribution in [0, 0.1) is 17.1 Å². The van der Waals surface area contributed by atoms with Crippen molar-refractivity contribution in [1.29, 1.82) is 5.26 Å². The number of nitrogens with one attached hydrogen (secondary N) is 1. The van der Waals surface area contributed by atoms with E-state index in [-0.39, 0.29) is 35.0 Å². The van der Waals surface area contributed by atoms with Crippen molar-refractivity contribution in [2.24, 2.45) is 0 Å². The number of aromatic nitrogens is 1. The number of nitrogens with zero attached hydrogens (tertiary/aromatic N) is 3. The highest BCUT2D eigenvalue weighted by molar-refractivity contribution is 5.90. The van der Waals surface area contributed by atoms with Crippen molar-refractivity contribution >= 4 is 12.0 Å². The van der Waals surface area contributed by atoms with Crippen molar-refractivity contribution in [2.75, 3.05) is 13.7 Å². The van der Waals surface area contributed by atoms with E-state index >= 15 is 0 Å². The summed E-state index contributed by atoms with van der Waals surface area (Å²) in [4.78, 5) is 30.6. The number of rotatable bonds is 4. The molecule has 10 heteroatoms. The lowest BCUT2D eigenvalue weighted by Crippen LogP contribution is -2.41. The van der Waals surface area contributed by atoms with E-state index in [1.54, 1.807) is 31.7 Å². The van der Waals surface area contributed by atoms with Crippen molar-refractivity contribution in [3.05, 3.63) is 35.6 Å². The molecule has 2 amide bonds. The highest BCUT2D eigenvalue weighted by Crippen LogP contribution is 2.33. The quantitative estimate of drug-likeness (QED) is 0.767. The third kappa shape index (κ3) is 4.99. The molecule has 1 aliphatic heterocycles. The molecular weight excluding hydrogens is 419 g/mol. The molecular formula is C22H25FN4O5. The zero-order valence-corrected chi connectivity index (χ0v) is 18.6. The minimum atomic E-state index is -0.726.